The summed E-state index contributed by atoms with van der Waals surface area (Å²) in [5.41, 5.74) is 6.73. The minimum absolute atomic E-state index is 0. The molecule has 0 radical (unpaired) electrons. The maximum atomic E-state index is 8.44. The van der Waals surface area contributed by atoms with Gasteiger partial charge >= 0.3 is 26.2 Å². The molecule has 0 amide bonds. The second-order valence-electron chi connectivity index (χ2n) is 5.57. The Morgan fingerprint density at radius 1 is 0.960 bits per heavy atom. The van der Waals surface area contributed by atoms with Crippen molar-refractivity contribution in [1.82, 2.24) is 0 Å². The first-order valence-corrected chi connectivity index (χ1v) is 7.72. The van der Waals surface area contributed by atoms with Crippen LogP contribution in [0.4, 0.5) is 0 Å². The van der Waals surface area contributed by atoms with Crippen LogP contribution >= 0.6 is 0 Å². The van der Waals surface area contributed by atoms with Gasteiger partial charge in [-0.05, 0) is 11.5 Å². The Morgan fingerprint density at radius 2 is 1.60 bits per heavy atom. The standard InChI is InChI=1S/C14H11.C7H9O.2ClH.Zr/c1-10-11-6-2-4-8-13(11)14-9-5-3-7-12(10)14;8-6-5-7-3-1-2-4-7;;;/h2-6,8-10H,1H3;1-4,8H,5-6H2;2*1H;/q2*-1;;;+4/p-2. The number of rotatable bonds is 2. The van der Waals surface area contributed by atoms with E-state index in [0.29, 0.717) is 5.92 Å². The Hall–Kier alpha value is -0.787. The average Bonchev–Trinajstić information content (AvgIpc) is 3.17. The van der Waals surface area contributed by atoms with Gasteiger partial charge < -0.3 is 29.9 Å². The Morgan fingerprint density at radius 3 is 2.28 bits per heavy atom. The van der Waals surface area contributed by atoms with Gasteiger partial charge in [0.25, 0.3) is 0 Å². The van der Waals surface area contributed by atoms with E-state index in [-0.39, 0.29) is 57.6 Å². The van der Waals surface area contributed by atoms with Crippen LogP contribution in [0.5, 0.6) is 0 Å². The number of halogens is 2. The summed E-state index contributed by atoms with van der Waals surface area (Å²) < 4.78 is 0. The monoisotopic (exact) mass is 448 g/mol. The molecule has 128 valence electrons. The number of aliphatic hydroxyl groups excluding tert-OH is 1. The second kappa shape index (κ2) is 11.8. The smallest absolute Gasteiger partial charge is 1.00 e. The van der Waals surface area contributed by atoms with Gasteiger partial charge in [-0.1, -0.05) is 43.2 Å². The third-order valence-corrected chi connectivity index (χ3v) is 4.17. The molecule has 0 saturated carbocycles. The molecular formula is C21H20Cl2OZr. The molecule has 4 heteroatoms. The zero-order valence-corrected chi connectivity index (χ0v) is 18.0. The quantitative estimate of drug-likeness (QED) is 0.475. The molecule has 0 fully saturated rings. The van der Waals surface area contributed by atoms with Crippen LogP contribution in [0, 0.1) is 6.07 Å². The molecule has 1 nitrogen and oxygen atoms in total. The van der Waals surface area contributed by atoms with Gasteiger partial charge in [-0.3, -0.25) is 0 Å². The van der Waals surface area contributed by atoms with Gasteiger partial charge in [-0.15, -0.1) is 11.1 Å². The van der Waals surface area contributed by atoms with Gasteiger partial charge in [-0.2, -0.15) is 42.0 Å². The van der Waals surface area contributed by atoms with E-state index in [2.05, 4.69) is 49.4 Å². The molecule has 25 heavy (non-hydrogen) atoms. The van der Waals surface area contributed by atoms with E-state index in [1.54, 1.807) is 0 Å². The maximum absolute atomic E-state index is 8.44. The summed E-state index contributed by atoms with van der Waals surface area (Å²) in [5.74, 6) is 0.502. The van der Waals surface area contributed by atoms with Crippen molar-refractivity contribution in [2.45, 2.75) is 19.3 Å². The van der Waals surface area contributed by atoms with Crippen LogP contribution < -0.4 is 24.8 Å². The van der Waals surface area contributed by atoms with Crippen LogP contribution in [0.15, 0.2) is 66.7 Å². The zero-order chi connectivity index (χ0) is 15.4. The normalized spacial score (nSPS) is 13.0. The molecule has 1 aliphatic carbocycles. The van der Waals surface area contributed by atoms with Crippen molar-refractivity contribution < 1.29 is 56.1 Å². The molecule has 4 rings (SSSR count). The molecule has 0 bridgehead atoms. The summed E-state index contributed by atoms with van der Waals surface area (Å²) in [6.07, 6.45) is 0.785. The second-order valence-corrected chi connectivity index (χ2v) is 5.57. The Bertz CT molecular complexity index is 696. The Balaban J connectivity index is 0.000000462. The average molecular weight is 451 g/mol. The zero-order valence-electron chi connectivity index (χ0n) is 14.0. The van der Waals surface area contributed by atoms with Crippen LogP contribution in [0.2, 0.25) is 0 Å². The van der Waals surface area contributed by atoms with Gasteiger partial charge in [0.2, 0.25) is 0 Å². The van der Waals surface area contributed by atoms with E-state index >= 15 is 0 Å². The summed E-state index contributed by atoms with van der Waals surface area (Å²) in [6.45, 7) is 2.51. The third-order valence-electron chi connectivity index (χ3n) is 4.17. The number of hydrogen-bond acceptors (Lipinski definition) is 1. The topological polar surface area (TPSA) is 20.2 Å². The SMILES string of the molecule is CC1c2[c-]cccc2-c2ccccc21.OCC[c-]1cccc1.[Cl-].[Cl-].[Zr+4]. The van der Waals surface area contributed by atoms with E-state index in [1.165, 1.54) is 27.8 Å². The summed E-state index contributed by atoms with van der Waals surface area (Å²) in [4.78, 5) is 0. The molecule has 3 aromatic rings. The number of hydrogen-bond donors (Lipinski definition) is 1. The molecule has 1 atom stereocenters. The van der Waals surface area contributed by atoms with Crippen molar-refractivity contribution in [1.29, 1.82) is 0 Å². The first-order chi connectivity index (χ1) is 10.8. The first kappa shape index (κ1) is 24.2. The molecule has 0 spiro atoms. The number of aliphatic hydroxyl groups is 1. The predicted molar refractivity (Wildman–Crippen MR) is 91.1 cm³/mol. The summed E-state index contributed by atoms with van der Waals surface area (Å²) in [7, 11) is 0. The van der Waals surface area contributed by atoms with Crippen LogP contribution in [0.25, 0.3) is 11.1 Å². The van der Waals surface area contributed by atoms with E-state index < -0.39 is 0 Å². The first-order valence-electron chi connectivity index (χ1n) is 7.72. The third kappa shape index (κ3) is 5.59. The minimum Gasteiger partial charge on any atom is -1.00 e. The van der Waals surface area contributed by atoms with Crippen LogP contribution in [-0.4, -0.2) is 11.7 Å². The van der Waals surface area contributed by atoms with Gasteiger partial charge in [0.1, 0.15) is 0 Å². The molecule has 1 unspecified atom stereocenters. The van der Waals surface area contributed by atoms with Crippen LogP contribution in [-0.2, 0) is 32.6 Å². The summed E-state index contributed by atoms with van der Waals surface area (Å²) in [5, 5.41) is 8.44. The molecule has 0 aromatic heterocycles. The van der Waals surface area contributed by atoms with Crippen LogP contribution in [0.3, 0.4) is 0 Å². The van der Waals surface area contributed by atoms with Crippen molar-refractivity contribution in [2.75, 3.05) is 6.61 Å². The molecule has 0 heterocycles. The minimum atomic E-state index is 0. The van der Waals surface area contributed by atoms with Crippen molar-refractivity contribution in [2.24, 2.45) is 0 Å². The fraction of sp³-hybridized carbons (Fsp3) is 0.190. The van der Waals surface area contributed by atoms with E-state index in [4.69, 9.17) is 5.11 Å². The Labute approximate surface area is 181 Å². The molecule has 0 aliphatic heterocycles. The van der Waals surface area contributed by atoms with Crippen LogP contribution in [0.1, 0.15) is 29.5 Å². The van der Waals surface area contributed by atoms with Crippen molar-refractivity contribution in [3.63, 3.8) is 0 Å². The van der Waals surface area contributed by atoms with E-state index in [9.17, 15) is 0 Å². The Kier molecular flexibility index (Phi) is 11.4. The molecule has 1 N–H and O–H groups in total. The van der Waals surface area contributed by atoms with Crippen molar-refractivity contribution >= 4 is 0 Å². The maximum Gasteiger partial charge on any atom is 4.00 e. The van der Waals surface area contributed by atoms with E-state index in [0.717, 1.165) is 6.42 Å². The molecule has 3 aromatic carbocycles. The number of benzene rings is 2. The predicted octanol–water partition coefficient (Wildman–Crippen LogP) is -1.44. The largest absolute Gasteiger partial charge is 4.00 e. The fourth-order valence-corrected chi connectivity index (χ4v) is 3.03. The van der Waals surface area contributed by atoms with Gasteiger partial charge in [-0.25, -0.2) is 12.1 Å². The summed E-state index contributed by atoms with van der Waals surface area (Å²) >= 11 is 0. The van der Waals surface area contributed by atoms with E-state index in [1.807, 2.05) is 30.3 Å². The molecule has 0 saturated heterocycles. The summed E-state index contributed by atoms with van der Waals surface area (Å²) in [6, 6.07) is 26.2. The van der Waals surface area contributed by atoms with Crippen molar-refractivity contribution in [3.05, 3.63) is 89.5 Å². The fourth-order valence-electron chi connectivity index (χ4n) is 3.03. The van der Waals surface area contributed by atoms with Crippen molar-refractivity contribution in [3.8, 4) is 11.1 Å². The molecular weight excluding hydrogens is 430 g/mol. The molecule has 1 aliphatic rings. The van der Waals surface area contributed by atoms with Gasteiger partial charge in [0.05, 0.1) is 0 Å². The van der Waals surface area contributed by atoms with Gasteiger partial charge in [0, 0.05) is 6.61 Å². The number of fused-ring (bicyclic) bond motifs is 3. The van der Waals surface area contributed by atoms with Gasteiger partial charge in [0.15, 0.2) is 0 Å².